The summed E-state index contributed by atoms with van der Waals surface area (Å²) in [7, 11) is 0. The molecule has 2 aromatic heterocycles. The molecular formula is C18H12Cl2N6O2. The number of H-pyrrole nitrogens is 1. The number of aromatic amines is 1. The van der Waals surface area contributed by atoms with E-state index in [0.717, 1.165) is 5.52 Å². The van der Waals surface area contributed by atoms with E-state index in [2.05, 4.69) is 20.3 Å². The van der Waals surface area contributed by atoms with Crippen LogP contribution in [0.2, 0.25) is 10.0 Å². The molecule has 2 amide bonds. The molecule has 2 heterocycles. The van der Waals surface area contributed by atoms with E-state index in [1.54, 1.807) is 18.2 Å². The molecule has 0 aliphatic rings. The van der Waals surface area contributed by atoms with E-state index in [0.29, 0.717) is 11.5 Å². The van der Waals surface area contributed by atoms with Crippen LogP contribution in [0.5, 0.6) is 0 Å². The number of primary amides is 1. The Morgan fingerprint density at radius 3 is 2.46 bits per heavy atom. The molecule has 0 saturated heterocycles. The molecule has 140 valence electrons. The Kier molecular flexibility index (Phi) is 4.50. The summed E-state index contributed by atoms with van der Waals surface area (Å²) in [4.78, 5) is 36.3. The third-order valence-corrected chi connectivity index (χ3v) is 4.65. The van der Waals surface area contributed by atoms with Gasteiger partial charge in [-0.15, -0.1) is 0 Å². The Hall–Kier alpha value is -3.36. The van der Waals surface area contributed by atoms with E-state index in [4.69, 9.17) is 28.9 Å². The second-order valence-corrected chi connectivity index (χ2v) is 6.62. The molecular weight excluding hydrogens is 403 g/mol. The molecule has 4 N–H and O–H groups in total. The van der Waals surface area contributed by atoms with Gasteiger partial charge in [-0.05, 0) is 24.3 Å². The number of halogens is 2. The van der Waals surface area contributed by atoms with Crippen molar-refractivity contribution in [3.8, 4) is 5.95 Å². The zero-order chi connectivity index (χ0) is 19.8. The molecule has 0 unspecified atom stereocenters. The van der Waals surface area contributed by atoms with Crippen LogP contribution in [-0.4, -0.2) is 31.3 Å². The van der Waals surface area contributed by atoms with Crippen LogP contribution in [0, 0.1) is 0 Å². The van der Waals surface area contributed by atoms with Crippen LogP contribution in [0.3, 0.4) is 0 Å². The van der Waals surface area contributed by atoms with E-state index < -0.39 is 11.8 Å². The average Bonchev–Trinajstić information content (AvgIpc) is 3.28. The van der Waals surface area contributed by atoms with Crippen molar-refractivity contribution in [3.05, 3.63) is 70.2 Å². The first-order valence-corrected chi connectivity index (χ1v) is 8.79. The summed E-state index contributed by atoms with van der Waals surface area (Å²) in [5, 5.41) is 3.06. The first-order chi connectivity index (χ1) is 13.5. The Labute approximate surface area is 168 Å². The van der Waals surface area contributed by atoms with Gasteiger partial charge in [-0.1, -0.05) is 41.4 Å². The second-order valence-electron chi connectivity index (χ2n) is 5.80. The first kappa shape index (κ1) is 18.0. The third kappa shape index (κ3) is 3.08. The zero-order valence-electron chi connectivity index (χ0n) is 14.1. The number of aromatic nitrogens is 4. The number of benzene rings is 2. The average molecular weight is 415 g/mol. The van der Waals surface area contributed by atoms with Crippen molar-refractivity contribution in [2.75, 3.05) is 5.32 Å². The van der Waals surface area contributed by atoms with Gasteiger partial charge in [-0.2, -0.15) is 0 Å². The molecule has 4 rings (SSSR count). The van der Waals surface area contributed by atoms with Crippen LogP contribution in [-0.2, 0) is 0 Å². The lowest BCUT2D eigenvalue weighted by molar-refractivity contribution is 0.0970. The van der Waals surface area contributed by atoms with Gasteiger partial charge in [0.2, 0.25) is 5.95 Å². The van der Waals surface area contributed by atoms with Gasteiger partial charge >= 0.3 is 0 Å². The number of carbonyl (C=O) groups excluding carboxylic acids is 2. The number of carbonyl (C=O) groups is 2. The fraction of sp³-hybridized carbons (Fsp3) is 0. The van der Waals surface area contributed by atoms with Crippen molar-refractivity contribution < 1.29 is 9.59 Å². The number of anilines is 1. The van der Waals surface area contributed by atoms with Crippen LogP contribution >= 0.6 is 23.2 Å². The van der Waals surface area contributed by atoms with Crippen molar-refractivity contribution in [1.29, 1.82) is 0 Å². The molecule has 0 aliphatic carbocycles. The molecule has 0 radical (unpaired) electrons. The van der Waals surface area contributed by atoms with Crippen LogP contribution < -0.4 is 11.1 Å². The summed E-state index contributed by atoms with van der Waals surface area (Å²) in [5.74, 6) is -1.22. The highest BCUT2D eigenvalue weighted by atomic mass is 35.5. The maximum Gasteiger partial charge on any atom is 0.276 e. The summed E-state index contributed by atoms with van der Waals surface area (Å²) in [6.07, 6.45) is 1.29. The Morgan fingerprint density at radius 2 is 1.79 bits per heavy atom. The quantitative estimate of drug-likeness (QED) is 0.473. The van der Waals surface area contributed by atoms with E-state index in [9.17, 15) is 9.59 Å². The lowest BCUT2D eigenvalue weighted by Gasteiger charge is -2.09. The van der Waals surface area contributed by atoms with Crippen molar-refractivity contribution >= 4 is 51.7 Å². The molecule has 0 aliphatic heterocycles. The summed E-state index contributed by atoms with van der Waals surface area (Å²) in [5.41, 5.74) is 6.87. The SMILES string of the molecule is NC(=O)c1c(C(=O)Nc2c(Cl)cccc2Cl)ncn1-c1nc2ccccc2[nH]1. The molecule has 0 spiro atoms. The number of hydrogen-bond acceptors (Lipinski definition) is 4. The standard InChI is InChI=1S/C18H12Cl2N6O2/c19-9-4-3-5-10(20)13(9)25-17(28)14-15(16(21)27)26(8-22-14)18-23-11-6-1-2-7-12(11)24-18/h1-8H,(H2,21,27)(H,23,24)(H,25,28). The van der Waals surface area contributed by atoms with Crippen molar-refractivity contribution in [2.45, 2.75) is 0 Å². The molecule has 2 aromatic carbocycles. The van der Waals surface area contributed by atoms with Crippen molar-refractivity contribution in [2.24, 2.45) is 5.73 Å². The number of fused-ring (bicyclic) bond motifs is 1. The molecule has 0 bridgehead atoms. The number of nitrogens with one attached hydrogen (secondary N) is 2. The normalized spacial score (nSPS) is 10.9. The van der Waals surface area contributed by atoms with Crippen molar-refractivity contribution in [3.63, 3.8) is 0 Å². The van der Waals surface area contributed by atoms with Crippen LogP contribution in [0.1, 0.15) is 21.0 Å². The molecule has 0 atom stereocenters. The van der Waals surface area contributed by atoms with E-state index in [1.165, 1.54) is 10.9 Å². The van der Waals surface area contributed by atoms with E-state index >= 15 is 0 Å². The largest absolute Gasteiger partial charge is 0.364 e. The number of imidazole rings is 2. The minimum absolute atomic E-state index is 0.125. The van der Waals surface area contributed by atoms with Crippen molar-refractivity contribution in [1.82, 2.24) is 19.5 Å². The van der Waals surface area contributed by atoms with Gasteiger partial charge in [0, 0.05) is 0 Å². The highest BCUT2D eigenvalue weighted by Crippen LogP contribution is 2.30. The summed E-state index contributed by atoms with van der Waals surface area (Å²) in [6, 6.07) is 12.1. The lowest BCUT2D eigenvalue weighted by atomic mass is 10.2. The lowest BCUT2D eigenvalue weighted by Crippen LogP contribution is -2.23. The smallest absolute Gasteiger partial charge is 0.276 e. The summed E-state index contributed by atoms with van der Waals surface area (Å²) >= 11 is 12.2. The number of amides is 2. The minimum atomic E-state index is -0.839. The Bertz CT molecular complexity index is 1180. The second kappa shape index (κ2) is 6.99. The summed E-state index contributed by atoms with van der Waals surface area (Å²) < 4.78 is 1.32. The highest BCUT2D eigenvalue weighted by Gasteiger charge is 2.25. The molecule has 0 fully saturated rings. The first-order valence-electron chi connectivity index (χ1n) is 8.03. The molecule has 28 heavy (non-hydrogen) atoms. The van der Waals surface area contributed by atoms with Gasteiger partial charge in [0.25, 0.3) is 11.8 Å². The highest BCUT2D eigenvalue weighted by molar-refractivity contribution is 6.40. The number of rotatable bonds is 4. The van der Waals surface area contributed by atoms with Crippen LogP contribution in [0.4, 0.5) is 5.69 Å². The maximum atomic E-state index is 12.7. The monoisotopic (exact) mass is 414 g/mol. The predicted octanol–water partition coefficient (Wildman–Crippen LogP) is 3.41. The topological polar surface area (TPSA) is 119 Å². The molecule has 0 saturated carbocycles. The molecule has 4 aromatic rings. The van der Waals surface area contributed by atoms with E-state index in [1.807, 2.05) is 24.3 Å². The fourth-order valence-electron chi connectivity index (χ4n) is 2.75. The molecule has 8 nitrogen and oxygen atoms in total. The number of hydrogen-bond donors (Lipinski definition) is 3. The fourth-order valence-corrected chi connectivity index (χ4v) is 3.25. The van der Waals surface area contributed by atoms with Gasteiger partial charge in [-0.25, -0.2) is 9.97 Å². The Morgan fingerprint density at radius 1 is 1.07 bits per heavy atom. The molecule has 10 heteroatoms. The van der Waals surface area contributed by atoms with Gasteiger partial charge in [0.1, 0.15) is 12.0 Å². The van der Waals surface area contributed by atoms with Gasteiger partial charge < -0.3 is 16.0 Å². The maximum absolute atomic E-state index is 12.7. The number of para-hydroxylation sites is 3. The predicted molar refractivity (Wildman–Crippen MR) is 106 cm³/mol. The van der Waals surface area contributed by atoms with Crippen LogP contribution in [0.15, 0.2) is 48.8 Å². The Balaban J connectivity index is 1.76. The zero-order valence-corrected chi connectivity index (χ0v) is 15.6. The number of nitrogens with zero attached hydrogens (tertiary/aromatic N) is 3. The van der Waals surface area contributed by atoms with Gasteiger partial charge in [-0.3, -0.25) is 14.2 Å². The third-order valence-electron chi connectivity index (χ3n) is 4.02. The van der Waals surface area contributed by atoms with Crippen LogP contribution in [0.25, 0.3) is 17.0 Å². The van der Waals surface area contributed by atoms with Gasteiger partial charge in [0.05, 0.1) is 26.8 Å². The van der Waals surface area contributed by atoms with E-state index in [-0.39, 0.29) is 27.1 Å². The van der Waals surface area contributed by atoms with Gasteiger partial charge in [0.15, 0.2) is 5.69 Å². The number of nitrogens with two attached hydrogens (primary N) is 1. The summed E-state index contributed by atoms with van der Waals surface area (Å²) in [6.45, 7) is 0. The minimum Gasteiger partial charge on any atom is -0.364 e.